The number of ether oxygens (including phenoxy) is 1. The van der Waals surface area contributed by atoms with E-state index in [1.165, 1.54) is 4.70 Å². The molecule has 1 fully saturated rings. The van der Waals surface area contributed by atoms with Gasteiger partial charge in [0.1, 0.15) is 11.6 Å². The number of amides is 1. The summed E-state index contributed by atoms with van der Waals surface area (Å²) in [6, 6.07) is 8.17. The molecule has 0 bridgehead atoms. The Kier molecular flexibility index (Phi) is 3.84. The van der Waals surface area contributed by atoms with Crippen LogP contribution in [0.25, 0.3) is 10.2 Å². The molecule has 6 heteroatoms. The third-order valence-electron chi connectivity index (χ3n) is 3.34. The first kappa shape index (κ1) is 13.3. The second-order valence-electron chi connectivity index (χ2n) is 4.91. The summed E-state index contributed by atoms with van der Waals surface area (Å²) in [4.78, 5) is 19.9. The van der Waals surface area contributed by atoms with Crippen LogP contribution in [-0.4, -0.2) is 54.2 Å². The minimum atomic E-state index is -0.196. The van der Waals surface area contributed by atoms with Gasteiger partial charge in [-0.3, -0.25) is 4.90 Å². The summed E-state index contributed by atoms with van der Waals surface area (Å²) in [6.07, 6.45) is -0.196. The third kappa shape index (κ3) is 2.91. The summed E-state index contributed by atoms with van der Waals surface area (Å²) in [6.45, 7) is 3.56. The van der Waals surface area contributed by atoms with Crippen LogP contribution in [0.5, 0.6) is 0 Å². The maximum Gasteiger partial charge on any atom is 0.409 e. The largest absolute Gasteiger partial charge is 0.448 e. The lowest BCUT2D eigenvalue weighted by atomic mass is 10.3. The van der Waals surface area contributed by atoms with E-state index < -0.39 is 0 Å². The number of para-hydroxylation sites is 1. The second-order valence-corrected chi connectivity index (χ2v) is 6.03. The Hall–Kier alpha value is -1.66. The first-order valence-corrected chi connectivity index (χ1v) is 7.49. The van der Waals surface area contributed by atoms with Crippen molar-refractivity contribution in [1.29, 1.82) is 0 Å². The quantitative estimate of drug-likeness (QED) is 0.847. The smallest absolute Gasteiger partial charge is 0.409 e. The zero-order valence-electron chi connectivity index (χ0n) is 11.4. The van der Waals surface area contributed by atoms with E-state index in [1.807, 2.05) is 25.2 Å². The maximum atomic E-state index is 11.3. The number of likely N-dealkylation sites (N-methyl/N-ethyl adjacent to an activating group) is 1. The van der Waals surface area contributed by atoms with Crippen molar-refractivity contribution in [3.8, 4) is 0 Å². The van der Waals surface area contributed by atoms with Gasteiger partial charge in [0.25, 0.3) is 0 Å². The van der Waals surface area contributed by atoms with Gasteiger partial charge in [-0.1, -0.05) is 12.1 Å². The Morgan fingerprint density at radius 3 is 3.05 bits per heavy atom. The average molecular weight is 291 g/mol. The lowest BCUT2D eigenvalue weighted by Crippen LogP contribution is -2.33. The number of cyclic esters (lactones) is 1. The fraction of sp³-hybridized carbons (Fsp3) is 0.429. The van der Waals surface area contributed by atoms with Crippen molar-refractivity contribution in [3.63, 3.8) is 0 Å². The van der Waals surface area contributed by atoms with E-state index in [-0.39, 0.29) is 6.09 Å². The van der Waals surface area contributed by atoms with Crippen molar-refractivity contribution in [2.45, 2.75) is 6.54 Å². The maximum absolute atomic E-state index is 11.3. The van der Waals surface area contributed by atoms with Gasteiger partial charge in [0.15, 0.2) is 0 Å². The van der Waals surface area contributed by atoms with E-state index in [4.69, 9.17) is 4.74 Å². The molecule has 1 aromatic heterocycles. The van der Waals surface area contributed by atoms with Gasteiger partial charge in [0, 0.05) is 13.1 Å². The monoisotopic (exact) mass is 291 g/mol. The minimum Gasteiger partial charge on any atom is -0.448 e. The van der Waals surface area contributed by atoms with Gasteiger partial charge in [0.2, 0.25) is 0 Å². The Labute approximate surface area is 121 Å². The highest BCUT2D eigenvalue weighted by Crippen LogP contribution is 2.22. The molecule has 1 amide bonds. The highest BCUT2D eigenvalue weighted by Gasteiger charge is 2.21. The summed E-state index contributed by atoms with van der Waals surface area (Å²) in [5, 5.41) is 1.11. The Morgan fingerprint density at radius 1 is 1.45 bits per heavy atom. The van der Waals surface area contributed by atoms with Crippen LogP contribution < -0.4 is 0 Å². The molecule has 1 aromatic carbocycles. The van der Waals surface area contributed by atoms with Crippen molar-refractivity contribution in [3.05, 3.63) is 29.3 Å². The van der Waals surface area contributed by atoms with E-state index in [9.17, 15) is 4.79 Å². The normalized spacial score (nSPS) is 15.3. The molecule has 0 N–H and O–H groups in total. The molecule has 3 rings (SSSR count). The van der Waals surface area contributed by atoms with E-state index in [0.717, 1.165) is 23.6 Å². The molecule has 0 unspecified atom stereocenters. The van der Waals surface area contributed by atoms with Crippen LogP contribution in [0.1, 0.15) is 5.01 Å². The van der Waals surface area contributed by atoms with Crippen molar-refractivity contribution >= 4 is 27.6 Å². The van der Waals surface area contributed by atoms with Gasteiger partial charge in [-0.15, -0.1) is 11.3 Å². The molecule has 1 saturated heterocycles. The Morgan fingerprint density at radius 2 is 2.30 bits per heavy atom. The number of rotatable bonds is 5. The van der Waals surface area contributed by atoms with Crippen LogP contribution >= 0.6 is 11.3 Å². The number of carbonyl (C=O) groups excluding carboxylic acids is 1. The molecule has 5 nitrogen and oxygen atoms in total. The van der Waals surface area contributed by atoms with E-state index >= 15 is 0 Å². The first-order valence-electron chi connectivity index (χ1n) is 6.67. The molecule has 2 heterocycles. The fourth-order valence-electron chi connectivity index (χ4n) is 2.22. The molecular weight excluding hydrogens is 274 g/mol. The number of hydrogen-bond acceptors (Lipinski definition) is 5. The van der Waals surface area contributed by atoms with Gasteiger partial charge in [-0.25, -0.2) is 9.78 Å². The number of aromatic nitrogens is 1. The number of fused-ring (bicyclic) bond motifs is 1. The van der Waals surface area contributed by atoms with Gasteiger partial charge in [0.05, 0.1) is 23.3 Å². The van der Waals surface area contributed by atoms with Crippen LogP contribution in [0.15, 0.2) is 24.3 Å². The number of carbonyl (C=O) groups is 1. The molecule has 106 valence electrons. The van der Waals surface area contributed by atoms with Crippen molar-refractivity contribution in [1.82, 2.24) is 14.8 Å². The molecule has 20 heavy (non-hydrogen) atoms. The average Bonchev–Trinajstić information content (AvgIpc) is 3.01. The molecule has 0 saturated carbocycles. The predicted molar refractivity (Wildman–Crippen MR) is 78.9 cm³/mol. The first-order chi connectivity index (χ1) is 9.72. The summed E-state index contributed by atoms with van der Waals surface area (Å²) >= 11 is 1.73. The fourth-order valence-corrected chi connectivity index (χ4v) is 3.27. The number of benzene rings is 1. The van der Waals surface area contributed by atoms with Crippen molar-refractivity contribution < 1.29 is 9.53 Å². The van der Waals surface area contributed by atoms with Crippen LogP contribution in [0.4, 0.5) is 4.79 Å². The molecule has 0 atom stereocenters. The van der Waals surface area contributed by atoms with Crippen molar-refractivity contribution in [2.24, 2.45) is 0 Å². The topological polar surface area (TPSA) is 45.7 Å². The molecule has 1 aliphatic heterocycles. The number of thiazole rings is 1. The summed E-state index contributed by atoms with van der Waals surface area (Å²) in [7, 11) is 2.05. The lowest BCUT2D eigenvalue weighted by molar-refractivity contribution is 0.155. The second kappa shape index (κ2) is 5.76. The SMILES string of the molecule is CN(CCN1CCOC1=O)Cc1nc2ccccc2s1. The zero-order valence-corrected chi connectivity index (χ0v) is 12.2. The summed E-state index contributed by atoms with van der Waals surface area (Å²) < 4.78 is 6.14. The number of hydrogen-bond donors (Lipinski definition) is 0. The van der Waals surface area contributed by atoms with Gasteiger partial charge in [-0.2, -0.15) is 0 Å². The van der Waals surface area contributed by atoms with Crippen LogP contribution in [0.3, 0.4) is 0 Å². The standard InChI is InChI=1S/C14H17N3O2S/c1-16(6-7-17-8-9-19-14(17)18)10-13-15-11-4-2-3-5-12(11)20-13/h2-5H,6-10H2,1H3. The van der Waals surface area contributed by atoms with Crippen LogP contribution in [0.2, 0.25) is 0 Å². The highest BCUT2D eigenvalue weighted by molar-refractivity contribution is 7.18. The lowest BCUT2D eigenvalue weighted by Gasteiger charge is -2.18. The molecule has 0 aliphatic carbocycles. The molecule has 0 radical (unpaired) electrons. The summed E-state index contributed by atoms with van der Waals surface area (Å²) in [5.41, 5.74) is 1.06. The van der Waals surface area contributed by atoms with Gasteiger partial charge < -0.3 is 9.64 Å². The summed E-state index contributed by atoms with van der Waals surface area (Å²) in [5.74, 6) is 0. The van der Waals surface area contributed by atoms with Gasteiger partial charge in [-0.05, 0) is 19.2 Å². The van der Waals surface area contributed by atoms with Crippen LogP contribution in [0, 0.1) is 0 Å². The zero-order chi connectivity index (χ0) is 13.9. The molecule has 0 spiro atoms. The van der Waals surface area contributed by atoms with Crippen LogP contribution in [-0.2, 0) is 11.3 Å². The van der Waals surface area contributed by atoms with E-state index in [0.29, 0.717) is 19.7 Å². The van der Waals surface area contributed by atoms with E-state index in [1.54, 1.807) is 16.2 Å². The Balaban J connectivity index is 1.55. The molecule has 2 aromatic rings. The Bertz CT molecular complexity index is 580. The van der Waals surface area contributed by atoms with Gasteiger partial charge >= 0.3 is 6.09 Å². The predicted octanol–water partition coefficient (Wildman–Crippen LogP) is 2.18. The molecular formula is C14H17N3O2S. The minimum absolute atomic E-state index is 0.196. The highest BCUT2D eigenvalue weighted by atomic mass is 32.1. The third-order valence-corrected chi connectivity index (χ3v) is 4.36. The van der Waals surface area contributed by atoms with Crippen molar-refractivity contribution in [2.75, 3.05) is 33.3 Å². The van der Waals surface area contributed by atoms with E-state index in [2.05, 4.69) is 16.0 Å². The molecule has 1 aliphatic rings. The number of nitrogens with zero attached hydrogens (tertiary/aromatic N) is 3.